The van der Waals surface area contributed by atoms with Crippen molar-refractivity contribution < 1.29 is 9.47 Å². The summed E-state index contributed by atoms with van der Waals surface area (Å²) in [5.41, 5.74) is 8.97. The van der Waals surface area contributed by atoms with Crippen LogP contribution in [0.2, 0.25) is 0 Å². The van der Waals surface area contributed by atoms with Crippen molar-refractivity contribution in [3.63, 3.8) is 0 Å². The number of nitrogens with two attached hydrogens (primary N) is 1. The van der Waals surface area contributed by atoms with Gasteiger partial charge in [-0.25, -0.2) is 0 Å². The molecule has 21 heavy (non-hydrogen) atoms. The second-order valence-electron chi connectivity index (χ2n) is 6.34. The van der Waals surface area contributed by atoms with Gasteiger partial charge in [0.1, 0.15) is 0 Å². The van der Waals surface area contributed by atoms with Crippen LogP contribution in [0.1, 0.15) is 37.8 Å². The summed E-state index contributed by atoms with van der Waals surface area (Å²) < 4.78 is 10.8. The Morgan fingerprint density at radius 3 is 2.38 bits per heavy atom. The second-order valence-corrected chi connectivity index (χ2v) is 6.34. The van der Waals surface area contributed by atoms with Crippen LogP contribution in [0, 0.1) is 0 Å². The number of hydrogen-bond donors (Lipinski definition) is 1. The van der Waals surface area contributed by atoms with Gasteiger partial charge < -0.3 is 15.2 Å². The van der Waals surface area contributed by atoms with Crippen molar-refractivity contribution in [2.45, 2.75) is 45.2 Å². The summed E-state index contributed by atoms with van der Waals surface area (Å²) in [6, 6.07) is 4.22. The van der Waals surface area contributed by atoms with Gasteiger partial charge in [0.15, 0.2) is 11.5 Å². The molecule has 0 aliphatic carbocycles. The Kier molecular flexibility index (Phi) is 5.12. The standard InChI is InChI=1S/C17H28N2O2/c1-5-7-17(2,18)12-19-8-6-13-9-15(20-3)16(21-4)10-14(13)11-19/h9-10H,5-8,11-12,18H2,1-4H3. The third-order valence-electron chi connectivity index (χ3n) is 4.20. The highest BCUT2D eigenvalue weighted by molar-refractivity contribution is 5.48. The van der Waals surface area contributed by atoms with Gasteiger partial charge in [0.25, 0.3) is 0 Å². The molecule has 0 fully saturated rings. The van der Waals surface area contributed by atoms with E-state index >= 15 is 0 Å². The zero-order valence-corrected chi connectivity index (χ0v) is 13.7. The number of fused-ring (bicyclic) bond motifs is 1. The number of hydrogen-bond acceptors (Lipinski definition) is 4. The fourth-order valence-corrected chi connectivity index (χ4v) is 3.24. The first kappa shape index (κ1) is 16.1. The van der Waals surface area contributed by atoms with Gasteiger partial charge in [-0.3, -0.25) is 4.90 Å². The molecule has 0 bridgehead atoms. The maximum absolute atomic E-state index is 6.39. The summed E-state index contributed by atoms with van der Waals surface area (Å²) in [6.07, 6.45) is 3.22. The molecule has 1 unspecified atom stereocenters. The van der Waals surface area contributed by atoms with Crippen LogP contribution in [0.15, 0.2) is 12.1 Å². The quantitative estimate of drug-likeness (QED) is 0.875. The Hall–Kier alpha value is -1.26. The zero-order valence-electron chi connectivity index (χ0n) is 13.7. The molecule has 0 spiro atoms. The molecule has 1 aromatic carbocycles. The van der Waals surface area contributed by atoms with Crippen LogP contribution >= 0.6 is 0 Å². The Morgan fingerprint density at radius 1 is 1.19 bits per heavy atom. The van der Waals surface area contributed by atoms with E-state index in [0.717, 1.165) is 50.4 Å². The van der Waals surface area contributed by atoms with E-state index < -0.39 is 0 Å². The average molecular weight is 292 g/mol. The van der Waals surface area contributed by atoms with Crippen molar-refractivity contribution in [3.05, 3.63) is 23.3 Å². The van der Waals surface area contributed by atoms with Gasteiger partial charge in [-0.2, -0.15) is 0 Å². The van der Waals surface area contributed by atoms with E-state index in [-0.39, 0.29) is 5.54 Å². The third-order valence-corrected chi connectivity index (χ3v) is 4.20. The molecule has 2 rings (SSSR count). The molecule has 1 aromatic rings. The van der Waals surface area contributed by atoms with E-state index in [9.17, 15) is 0 Å². The van der Waals surface area contributed by atoms with Crippen molar-refractivity contribution >= 4 is 0 Å². The van der Waals surface area contributed by atoms with Crippen molar-refractivity contribution in [2.24, 2.45) is 5.73 Å². The van der Waals surface area contributed by atoms with E-state index in [4.69, 9.17) is 15.2 Å². The molecule has 1 aliphatic rings. The first-order chi connectivity index (χ1) is 9.99. The maximum Gasteiger partial charge on any atom is 0.161 e. The Balaban J connectivity index is 2.13. The lowest BCUT2D eigenvalue weighted by atomic mass is 9.93. The highest BCUT2D eigenvalue weighted by atomic mass is 16.5. The van der Waals surface area contributed by atoms with Gasteiger partial charge in [0.05, 0.1) is 14.2 Å². The first-order valence-corrected chi connectivity index (χ1v) is 7.74. The highest BCUT2D eigenvalue weighted by Crippen LogP contribution is 2.33. The molecule has 0 amide bonds. The van der Waals surface area contributed by atoms with E-state index in [2.05, 4.69) is 30.9 Å². The summed E-state index contributed by atoms with van der Waals surface area (Å²) >= 11 is 0. The molecule has 4 heteroatoms. The molecule has 1 aliphatic heterocycles. The predicted molar refractivity (Wildman–Crippen MR) is 86.0 cm³/mol. The molecule has 118 valence electrons. The second kappa shape index (κ2) is 6.67. The van der Waals surface area contributed by atoms with Crippen LogP contribution in [0.4, 0.5) is 0 Å². The number of nitrogens with zero attached hydrogens (tertiary/aromatic N) is 1. The van der Waals surface area contributed by atoms with E-state index in [0.29, 0.717) is 0 Å². The fourth-order valence-electron chi connectivity index (χ4n) is 3.24. The smallest absolute Gasteiger partial charge is 0.161 e. The van der Waals surface area contributed by atoms with Gasteiger partial charge in [-0.1, -0.05) is 13.3 Å². The molecule has 0 radical (unpaired) electrons. The van der Waals surface area contributed by atoms with Crippen molar-refractivity contribution in [3.8, 4) is 11.5 Å². The van der Waals surface area contributed by atoms with Gasteiger partial charge in [0.2, 0.25) is 0 Å². The lowest BCUT2D eigenvalue weighted by Gasteiger charge is -2.35. The molecule has 2 N–H and O–H groups in total. The maximum atomic E-state index is 6.39. The summed E-state index contributed by atoms with van der Waals surface area (Å²) in [6.45, 7) is 7.27. The summed E-state index contributed by atoms with van der Waals surface area (Å²) in [5, 5.41) is 0. The zero-order chi connectivity index (χ0) is 15.5. The lowest BCUT2D eigenvalue weighted by Crippen LogP contribution is -2.49. The molecule has 1 atom stereocenters. The number of ether oxygens (including phenoxy) is 2. The van der Waals surface area contributed by atoms with E-state index in [1.165, 1.54) is 11.1 Å². The number of benzene rings is 1. The monoisotopic (exact) mass is 292 g/mol. The first-order valence-electron chi connectivity index (χ1n) is 7.74. The van der Waals surface area contributed by atoms with Gasteiger partial charge in [0, 0.05) is 25.2 Å². The number of methoxy groups -OCH3 is 2. The molecule has 0 aromatic heterocycles. The number of rotatable bonds is 6. The summed E-state index contributed by atoms with van der Waals surface area (Å²) in [5.74, 6) is 1.63. The minimum atomic E-state index is -0.108. The van der Waals surface area contributed by atoms with Crippen molar-refractivity contribution in [1.82, 2.24) is 4.90 Å². The molecular weight excluding hydrogens is 264 g/mol. The third kappa shape index (κ3) is 3.89. The van der Waals surface area contributed by atoms with Crippen LogP contribution in [0.25, 0.3) is 0 Å². The molecule has 0 saturated carbocycles. The predicted octanol–water partition coefficient (Wildman–Crippen LogP) is 2.58. The van der Waals surface area contributed by atoms with Crippen molar-refractivity contribution in [2.75, 3.05) is 27.3 Å². The normalized spacial score (nSPS) is 18.0. The molecule has 1 heterocycles. The SMILES string of the molecule is CCCC(C)(N)CN1CCc2cc(OC)c(OC)cc2C1. The van der Waals surface area contributed by atoms with Crippen molar-refractivity contribution in [1.29, 1.82) is 0 Å². The molecule has 0 saturated heterocycles. The lowest BCUT2D eigenvalue weighted by molar-refractivity contribution is 0.193. The minimum Gasteiger partial charge on any atom is -0.493 e. The van der Waals surface area contributed by atoms with Gasteiger partial charge >= 0.3 is 0 Å². The topological polar surface area (TPSA) is 47.7 Å². The Labute approximate surface area is 128 Å². The van der Waals surface area contributed by atoms with Crippen LogP contribution in [-0.4, -0.2) is 37.7 Å². The average Bonchev–Trinajstić information content (AvgIpc) is 2.45. The van der Waals surface area contributed by atoms with Crippen LogP contribution in [0.5, 0.6) is 11.5 Å². The van der Waals surface area contributed by atoms with Gasteiger partial charge in [-0.15, -0.1) is 0 Å². The van der Waals surface area contributed by atoms with Crippen LogP contribution < -0.4 is 15.2 Å². The molecular formula is C17H28N2O2. The summed E-state index contributed by atoms with van der Waals surface area (Å²) in [4.78, 5) is 2.45. The Morgan fingerprint density at radius 2 is 1.81 bits per heavy atom. The summed E-state index contributed by atoms with van der Waals surface area (Å²) in [7, 11) is 3.37. The fraction of sp³-hybridized carbons (Fsp3) is 0.647. The largest absolute Gasteiger partial charge is 0.493 e. The van der Waals surface area contributed by atoms with E-state index in [1.54, 1.807) is 14.2 Å². The Bertz CT molecular complexity index is 486. The van der Waals surface area contributed by atoms with Crippen LogP contribution in [0.3, 0.4) is 0 Å². The minimum absolute atomic E-state index is 0.108. The van der Waals surface area contributed by atoms with E-state index in [1.807, 2.05) is 0 Å². The highest BCUT2D eigenvalue weighted by Gasteiger charge is 2.25. The van der Waals surface area contributed by atoms with Gasteiger partial charge in [-0.05, 0) is 43.0 Å². The molecule has 4 nitrogen and oxygen atoms in total. The van der Waals surface area contributed by atoms with Crippen LogP contribution in [-0.2, 0) is 13.0 Å².